The van der Waals surface area contributed by atoms with Gasteiger partial charge in [0.2, 0.25) is 0 Å². The summed E-state index contributed by atoms with van der Waals surface area (Å²) in [6, 6.07) is 0.678. The SMILES string of the molecule is COCCOCC(O)COCCC[Si](OC)(OC)OC. The molecule has 0 amide bonds. The monoisotopic (exact) mass is 312 g/mol. The zero-order valence-corrected chi connectivity index (χ0v) is 13.9. The van der Waals surface area contributed by atoms with E-state index in [0.29, 0.717) is 25.9 Å². The molecule has 0 saturated carbocycles. The molecular formula is C12H28O7Si. The van der Waals surface area contributed by atoms with Crippen molar-refractivity contribution >= 4 is 8.80 Å². The van der Waals surface area contributed by atoms with E-state index in [1.807, 2.05) is 0 Å². The summed E-state index contributed by atoms with van der Waals surface area (Å²) in [4.78, 5) is 0. The van der Waals surface area contributed by atoms with Crippen LogP contribution in [0.25, 0.3) is 0 Å². The van der Waals surface area contributed by atoms with E-state index in [9.17, 15) is 5.11 Å². The van der Waals surface area contributed by atoms with E-state index >= 15 is 0 Å². The van der Waals surface area contributed by atoms with Gasteiger partial charge in [0.05, 0.1) is 26.4 Å². The highest BCUT2D eigenvalue weighted by Gasteiger charge is 2.36. The normalized spacial score (nSPS) is 13.7. The second kappa shape index (κ2) is 12.7. The molecule has 0 rings (SSSR count). The zero-order chi connectivity index (χ0) is 15.3. The minimum Gasteiger partial charge on any atom is -0.388 e. The van der Waals surface area contributed by atoms with Crippen molar-refractivity contribution in [2.45, 2.75) is 18.6 Å². The van der Waals surface area contributed by atoms with Crippen LogP contribution in [0, 0.1) is 0 Å². The minimum absolute atomic E-state index is 0.245. The van der Waals surface area contributed by atoms with Crippen molar-refractivity contribution in [2.24, 2.45) is 0 Å². The molecular weight excluding hydrogens is 284 g/mol. The zero-order valence-electron chi connectivity index (χ0n) is 12.9. The molecule has 0 aromatic heterocycles. The molecule has 1 N–H and O–H groups in total. The fraction of sp³-hybridized carbons (Fsp3) is 1.00. The molecule has 20 heavy (non-hydrogen) atoms. The molecule has 8 heteroatoms. The number of rotatable bonds is 14. The van der Waals surface area contributed by atoms with Crippen molar-refractivity contribution in [1.82, 2.24) is 0 Å². The van der Waals surface area contributed by atoms with E-state index in [1.54, 1.807) is 28.4 Å². The van der Waals surface area contributed by atoms with Crippen LogP contribution in [0.1, 0.15) is 6.42 Å². The molecule has 0 fully saturated rings. The molecule has 1 atom stereocenters. The number of hydrogen-bond donors (Lipinski definition) is 1. The molecule has 0 bridgehead atoms. The first-order valence-corrected chi connectivity index (χ1v) is 8.55. The third-order valence-electron chi connectivity index (χ3n) is 2.76. The van der Waals surface area contributed by atoms with Gasteiger partial charge >= 0.3 is 8.80 Å². The van der Waals surface area contributed by atoms with Crippen LogP contribution < -0.4 is 0 Å². The predicted octanol–water partition coefficient (Wildman–Crippen LogP) is 0.295. The van der Waals surface area contributed by atoms with Crippen LogP contribution in [0.2, 0.25) is 6.04 Å². The number of methoxy groups -OCH3 is 1. The maximum absolute atomic E-state index is 9.59. The lowest BCUT2D eigenvalue weighted by molar-refractivity contribution is -0.0285. The topological polar surface area (TPSA) is 75.6 Å². The molecule has 0 aliphatic rings. The van der Waals surface area contributed by atoms with Crippen molar-refractivity contribution in [2.75, 3.05) is 61.5 Å². The van der Waals surface area contributed by atoms with E-state index < -0.39 is 14.9 Å². The molecule has 0 heterocycles. The van der Waals surface area contributed by atoms with E-state index in [0.717, 1.165) is 6.42 Å². The Morgan fingerprint density at radius 1 is 0.850 bits per heavy atom. The average Bonchev–Trinajstić information content (AvgIpc) is 2.48. The van der Waals surface area contributed by atoms with Crippen LogP contribution in [0.4, 0.5) is 0 Å². The van der Waals surface area contributed by atoms with Gasteiger partial charge in [-0.1, -0.05) is 0 Å². The maximum atomic E-state index is 9.59. The first kappa shape index (κ1) is 19.9. The van der Waals surface area contributed by atoms with Crippen LogP contribution in [0.3, 0.4) is 0 Å². The highest BCUT2D eigenvalue weighted by molar-refractivity contribution is 6.60. The minimum atomic E-state index is -2.51. The van der Waals surface area contributed by atoms with E-state index in [-0.39, 0.29) is 13.2 Å². The summed E-state index contributed by atoms with van der Waals surface area (Å²) in [7, 11) is 3.85. The second-order valence-electron chi connectivity index (χ2n) is 4.20. The van der Waals surface area contributed by atoms with Gasteiger partial charge < -0.3 is 32.6 Å². The largest absolute Gasteiger partial charge is 0.500 e. The van der Waals surface area contributed by atoms with Gasteiger partial charge in [0, 0.05) is 41.1 Å². The summed E-state index contributed by atoms with van der Waals surface area (Å²) in [5, 5.41) is 9.59. The van der Waals surface area contributed by atoms with Gasteiger partial charge in [0.15, 0.2) is 0 Å². The van der Waals surface area contributed by atoms with E-state index in [1.165, 1.54) is 0 Å². The Bertz CT molecular complexity index is 206. The number of aliphatic hydroxyl groups excluding tert-OH is 1. The lowest BCUT2D eigenvalue weighted by Gasteiger charge is -2.24. The molecule has 0 aromatic rings. The molecule has 0 aliphatic heterocycles. The van der Waals surface area contributed by atoms with Crippen LogP contribution in [0.5, 0.6) is 0 Å². The van der Waals surface area contributed by atoms with Crippen molar-refractivity contribution in [3.63, 3.8) is 0 Å². The van der Waals surface area contributed by atoms with Crippen LogP contribution >= 0.6 is 0 Å². The maximum Gasteiger partial charge on any atom is 0.500 e. The van der Waals surface area contributed by atoms with Crippen molar-refractivity contribution in [3.8, 4) is 0 Å². The van der Waals surface area contributed by atoms with Crippen LogP contribution in [-0.2, 0) is 27.5 Å². The molecule has 0 radical (unpaired) electrons. The van der Waals surface area contributed by atoms with Gasteiger partial charge in [-0.2, -0.15) is 0 Å². The van der Waals surface area contributed by atoms with Gasteiger partial charge in [0.1, 0.15) is 6.10 Å². The fourth-order valence-electron chi connectivity index (χ4n) is 1.58. The molecule has 0 spiro atoms. The fourth-order valence-corrected chi connectivity index (χ4v) is 3.27. The molecule has 122 valence electrons. The first-order valence-electron chi connectivity index (χ1n) is 6.62. The summed E-state index contributed by atoms with van der Waals surface area (Å²) in [5.41, 5.74) is 0. The standard InChI is InChI=1S/C12H28O7Si/c1-14-7-8-19-11-12(13)10-18-6-5-9-20(15-2,16-3)17-4/h12-13H,5-11H2,1-4H3. The third-order valence-corrected chi connectivity index (χ3v) is 5.59. The molecule has 0 aromatic carbocycles. The second-order valence-corrected chi connectivity index (χ2v) is 7.29. The summed E-state index contributed by atoms with van der Waals surface area (Å²) in [5.74, 6) is 0. The highest BCUT2D eigenvalue weighted by atomic mass is 28.4. The molecule has 0 saturated heterocycles. The predicted molar refractivity (Wildman–Crippen MR) is 75.7 cm³/mol. The van der Waals surface area contributed by atoms with Gasteiger partial charge in [-0.3, -0.25) is 0 Å². The Morgan fingerprint density at radius 3 is 1.90 bits per heavy atom. The quantitative estimate of drug-likeness (QED) is 0.365. The lowest BCUT2D eigenvalue weighted by Crippen LogP contribution is -2.42. The number of ether oxygens (including phenoxy) is 3. The van der Waals surface area contributed by atoms with Gasteiger partial charge in [0.25, 0.3) is 0 Å². The summed E-state index contributed by atoms with van der Waals surface area (Å²) in [6.07, 6.45) is 0.125. The Kier molecular flexibility index (Phi) is 12.6. The van der Waals surface area contributed by atoms with Crippen molar-refractivity contribution in [3.05, 3.63) is 0 Å². The molecule has 0 aliphatic carbocycles. The molecule has 1 unspecified atom stereocenters. The van der Waals surface area contributed by atoms with Gasteiger partial charge in [-0.15, -0.1) is 0 Å². The number of aliphatic hydroxyl groups is 1. The first-order chi connectivity index (χ1) is 9.64. The summed E-state index contributed by atoms with van der Waals surface area (Å²) in [6.45, 7) is 1.99. The molecule has 7 nitrogen and oxygen atoms in total. The van der Waals surface area contributed by atoms with Crippen molar-refractivity contribution in [1.29, 1.82) is 0 Å². The third kappa shape index (κ3) is 8.98. The Hall–Kier alpha value is -0.0631. The lowest BCUT2D eigenvalue weighted by atomic mass is 10.4. The average molecular weight is 312 g/mol. The van der Waals surface area contributed by atoms with Crippen LogP contribution in [0.15, 0.2) is 0 Å². The van der Waals surface area contributed by atoms with Crippen molar-refractivity contribution < 1.29 is 32.6 Å². The van der Waals surface area contributed by atoms with Gasteiger partial charge in [-0.25, -0.2) is 0 Å². The summed E-state index contributed by atoms with van der Waals surface area (Å²) < 4.78 is 31.3. The van der Waals surface area contributed by atoms with Crippen LogP contribution in [-0.4, -0.2) is 81.5 Å². The summed E-state index contributed by atoms with van der Waals surface area (Å²) >= 11 is 0. The Balaban J connectivity index is 3.55. The number of hydrogen-bond acceptors (Lipinski definition) is 7. The van der Waals surface area contributed by atoms with E-state index in [4.69, 9.17) is 27.5 Å². The highest BCUT2D eigenvalue weighted by Crippen LogP contribution is 2.14. The smallest absolute Gasteiger partial charge is 0.388 e. The van der Waals surface area contributed by atoms with Gasteiger partial charge in [-0.05, 0) is 6.42 Å². The Morgan fingerprint density at radius 2 is 1.40 bits per heavy atom. The Labute approximate surface area is 122 Å². The van der Waals surface area contributed by atoms with E-state index in [2.05, 4.69) is 0 Å².